The maximum Gasteiger partial charge on any atom is 1.00 e. The molecule has 33 heavy (non-hydrogen) atoms. The number of hydrogen-bond donors (Lipinski definition) is 1. The molecule has 0 aliphatic rings. The van der Waals surface area contributed by atoms with Gasteiger partial charge in [0.1, 0.15) is 18.6 Å². The van der Waals surface area contributed by atoms with Crippen LogP contribution in [-0.4, -0.2) is 56.5 Å². The van der Waals surface area contributed by atoms with E-state index in [0.29, 0.717) is 6.42 Å². The first-order valence-corrected chi connectivity index (χ1v) is 12.2. The van der Waals surface area contributed by atoms with Crippen LogP contribution in [0.4, 0.5) is 0 Å². The summed E-state index contributed by atoms with van der Waals surface area (Å²) in [4.78, 5) is 36.9. The quantitative estimate of drug-likeness (QED) is 0.0757. The molecule has 0 rings (SSSR count). The number of esters is 3. The van der Waals surface area contributed by atoms with E-state index < -0.39 is 39.2 Å². The molecule has 0 bridgehead atoms. The average Bonchev–Trinajstić information content (AvgIpc) is 2.70. The normalized spacial score (nSPS) is 11.2. The molecule has 0 unspecified atom stereocenters. The molecule has 186 valence electrons. The number of ether oxygens (including phenoxy) is 3. The van der Waals surface area contributed by atoms with Crippen molar-refractivity contribution in [2.75, 3.05) is 25.6 Å². The van der Waals surface area contributed by atoms with E-state index in [4.69, 9.17) is 18.8 Å². The van der Waals surface area contributed by atoms with Gasteiger partial charge in [0, 0.05) is 11.1 Å². The molecule has 9 nitrogen and oxygen atoms in total. The molecule has 0 fully saturated rings. The second-order valence-corrected chi connectivity index (χ2v) is 9.51. The van der Waals surface area contributed by atoms with Crippen molar-refractivity contribution in [1.82, 2.24) is 0 Å². The molecule has 0 aromatic heterocycles. The maximum atomic E-state index is 13.0. The van der Waals surface area contributed by atoms with E-state index >= 15 is 0 Å². The first kappa shape index (κ1) is 34.0. The Balaban J connectivity index is -0.00000480. The van der Waals surface area contributed by atoms with Crippen LogP contribution in [0.15, 0.2) is 24.3 Å². The van der Waals surface area contributed by atoms with Gasteiger partial charge in [-0.15, -0.1) is 0 Å². The third kappa shape index (κ3) is 15.3. The topological polar surface area (TPSA) is 133 Å². The zero-order valence-electron chi connectivity index (χ0n) is 21.3. The Morgan fingerprint density at radius 2 is 1.39 bits per heavy atom. The van der Waals surface area contributed by atoms with Gasteiger partial charge in [0.2, 0.25) is 0 Å². The van der Waals surface area contributed by atoms with Crippen molar-refractivity contribution >= 4 is 28.0 Å². The Hall–Kier alpha value is -1.20. The molecule has 0 spiro atoms. The summed E-state index contributed by atoms with van der Waals surface area (Å²) in [6, 6.07) is 0. The van der Waals surface area contributed by atoms with E-state index in [0.717, 1.165) is 19.3 Å². The Morgan fingerprint density at radius 1 is 0.879 bits per heavy atom. The van der Waals surface area contributed by atoms with E-state index in [-0.39, 0.29) is 81.2 Å². The number of carbonyl (C=O) groups excluding carboxylic acids is 3. The largest absolute Gasteiger partial charge is 1.00 e. The van der Waals surface area contributed by atoms with Gasteiger partial charge in [-0.05, 0) is 33.1 Å². The first-order valence-electron chi connectivity index (χ1n) is 10.6. The fourth-order valence-corrected chi connectivity index (χ4v) is 3.22. The Morgan fingerprint density at radius 3 is 1.82 bits per heavy atom. The zero-order chi connectivity index (χ0) is 24.8. The van der Waals surface area contributed by atoms with Crippen LogP contribution >= 0.6 is 0 Å². The van der Waals surface area contributed by atoms with Gasteiger partial charge < -0.3 is 15.6 Å². The molecule has 0 aliphatic carbocycles. The molecule has 0 aromatic rings. The summed E-state index contributed by atoms with van der Waals surface area (Å²) in [5.74, 6) is -2.53. The monoisotopic (exact) mass is 500 g/mol. The van der Waals surface area contributed by atoms with Gasteiger partial charge in [0.25, 0.3) is 10.1 Å². The van der Waals surface area contributed by atoms with Crippen molar-refractivity contribution in [2.45, 2.75) is 65.7 Å². The van der Waals surface area contributed by atoms with E-state index in [1.165, 1.54) is 13.8 Å². The van der Waals surface area contributed by atoms with Crippen molar-refractivity contribution in [2.24, 2.45) is 5.41 Å². The van der Waals surface area contributed by atoms with Gasteiger partial charge in [-0.2, -0.15) is 8.42 Å². The minimum atomic E-state index is -4.10. The van der Waals surface area contributed by atoms with E-state index in [9.17, 15) is 22.8 Å². The van der Waals surface area contributed by atoms with Gasteiger partial charge >= 0.3 is 47.5 Å². The summed E-state index contributed by atoms with van der Waals surface area (Å²) in [5, 5.41) is 0. The summed E-state index contributed by atoms with van der Waals surface area (Å²) in [7, 11) is -4.10. The molecule has 0 radical (unpaired) electrons. The van der Waals surface area contributed by atoms with Crippen LogP contribution in [0.25, 0.3) is 0 Å². The van der Waals surface area contributed by atoms with Crippen LogP contribution in [0, 0.1) is 5.41 Å². The second-order valence-electron chi connectivity index (χ2n) is 7.93. The van der Waals surface area contributed by atoms with Gasteiger partial charge in [-0.3, -0.25) is 9.35 Å². The fourth-order valence-electron chi connectivity index (χ4n) is 2.65. The summed E-state index contributed by atoms with van der Waals surface area (Å²) < 4.78 is 46.2. The van der Waals surface area contributed by atoms with Gasteiger partial charge in [-0.1, -0.05) is 45.8 Å². The van der Waals surface area contributed by atoms with Crippen LogP contribution in [0.2, 0.25) is 0 Å². The average molecular weight is 501 g/mol. The molecule has 11 heteroatoms. The van der Waals surface area contributed by atoms with Crippen molar-refractivity contribution in [3.63, 3.8) is 0 Å². The third-order valence-electron chi connectivity index (χ3n) is 4.63. The Labute approximate surface area is 220 Å². The maximum absolute atomic E-state index is 13.0. The van der Waals surface area contributed by atoms with E-state index in [2.05, 4.69) is 13.2 Å². The molecule has 0 atom stereocenters. The van der Waals surface area contributed by atoms with Crippen molar-refractivity contribution in [3.05, 3.63) is 24.3 Å². The smallest absolute Gasteiger partial charge is 1.00 e. The molecule has 0 amide bonds. The molecular formula is C22H37NaO9S. The second kappa shape index (κ2) is 17.3. The summed E-state index contributed by atoms with van der Waals surface area (Å²) in [6.07, 6.45) is 3.91. The number of unbranched alkanes of at least 4 members (excludes halogenated alkanes) is 4. The van der Waals surface area contributed by atoms with Crippen LogP contribution in [-0.2, 0) is 38.7 Å². The summed E-state index contributed by atoms with van der Waals surface area (Å²) in [5.41, 5.74) is -1.11. The minimum absolute atomic E-state index is 0. The molecule has 0 heterocycles. The van der Waals surface area contributed by atoms with Crippen LogP contribution in [0.3, 0.4) is 0 Å². The Bertz CT molecular complexity index is 751. The van der Waals surface area contributed by atoms with E-state index in [1.54, 1.807) is 0 Å². The van der Waals surface area contributed by atoms with Crippen molar-refractivity contribution < 1.29 is 72.5 Å². The zero-order valence-corrected chi connectivity index (χ0v) is 23.1. The predicted octanol–water partition coefficient (Wildman–Crippen LogP) is 0.510. The molecule has 0 saturated heterocycles. The molecule has 1 N–H and O–H groups in total. The molecule has 0 aromatic carbocycles. The number of rotatable bonds is 17. The number of carbonyl (C=O) groups is 3. The molecule has 0 saturated carbocycles. The summed E-state index contributed by atoms with van der Waals surface area (Å²) >= 11 is 0. The van der Waals surface area contributed by atoms with Gasteiger partial charge in [0.15, 0.2) is 0 Å². The standard InChI is InChI=1S/C22H36O9S.Na.H/c1-6-7-8-9-12-22(15-30-19(23)17(2)3,16-31-20(24)18(4)5)21(25)29-13-10-11-14-32(26,27)28;;/h2,4,6-16H2,1,3,5H3,(H,26,27,28);;/q;+1;-1. The van der Waals surface area contributed by atoms with Crippen molar-refractivity contribution in [1.29, 1.82) is 0 Å². The number of hydrogen-bond acceptors (Lipinski definition) is 8. The van der Waals surface area contributed by atoms with Crippen LogP contribution in [0.5, 0.6) is 0 Å². The minimum Gasteiger partial charge on any atom is -1.00 e. The predicted molar refractivity (Wildman–Crippen MR) is 120 cm³/mol. The van der Waals surface area contributed by atoms with Gasteiger partial charge in [-0.25, -0.2) is 9.59 Å². The van der Waals surface area contributed by atoms with E-state index in [1.807, 2.05) is 6.92 Å². The summed E-state index contributed by atoms with van der Waals surface area (Å²) in [6.45, 7) is 11.2. The molecular weight excluding hydrogens is 463 g/mol. The van der Waals surface area contributed by atoms with Crippen molar-refractivity contribution in [3.8, 4) is 0 Å². The SMILES string of the molecule is C=C(C)C(=O)OCC(CCCCCC)(COC(=O)C(=C)C)C(=O)OCCCCS(=O)(=O)O.[H-].[Na+]. The fraction of sp³-hybridized carbons (Fsp3) is 0.682. The molecule has 0 aliphatic heterocycles. The third-order valence-corrected chi connectivity index (χ3v) is 5.43. The Kier molecular flexibility index (Phi) is 17.8. The first-order chi connectivity index (χ1) is 14.8. The van der Waals surface area contributed by atoms with Crippen LogP contribution < -0.4 is 29.6 Å². The van der Waals surface area contributed by atoms with Crippen LogP contribution in [0.1, 0.15) is 67.1 Å². The van der Waals surface area contributed by atoms with Gasteiger partial charge in [0.05, 0.1) is 12.4 Å².